The zero-order valence-electron chi connectivity index (χ0n) is 11.7. The first kappa shape index (κ1) is 13.9. The fourth-order valence-electron chi connectivity index (χ4n) is 2.70. The number of carbonyl (C=O) groups is 1. The van der Waals surface area contributed by atoms with Crippen LogP contribution in [0.25, 0.3) is 11.6 Å². The van der Waals surface area contributed by atoms with E-state index < -0.39 is 0 Å². The average Bonchev–Trinajstić information content (AvgIpc) is 2.90. The summed E-state index contributed by atoms with van der Waals surface area (Å²) < 4.78 is 5.29. The Balaban J connectivity index is 2.08. The minimum atomic E-state index is 0.602. The van der Waals surface area contributed by atoms with E-state index in [9.17, 15) is 4.79 Å². The van der Waals surface area contributed by atoms with Crippen LogP contribution in [-0.4, -0.2) is 13.4 Å². The van der Waals surface area contributed by atoms with Crippen molar-refractivity contribution in [3.8, 4) is 5.75 Å². The Morgan fingerprint density at radius 2 is 2.14 bits per heavy atom. The lowest BCUT2D eigenvalue weighted by atomic mass is 10.0. The van der Waals surface area contributed by atoms with Crippen LogP contribution in [0.1, 0.15) is 33.5 Å². The number of carbonyl (C=O) groups excluding carboxylic acids is 1. The first-order valence-electron chi connectivity index (χ1n) is 6.75. The fourth-order valence-corrected chi connectivity index (χ4v) is 2.88. The summed E-state index contributed by atoms with van der Waals surface area (Å²) >= 11 is 6.19. The largest absolute Gasteiger partial charge is 0.496 e. The highest BCUT2D eigenvalue weighted by molar-refractivity contribution is 6.32. The maximum Gasteiger partial charge on any atom is 0.153 e. The molecule has 0 saturated carbocycles. The summed E-state index contributed by atoms with van der Waals surface area (Å²) in [7, 11) is 1.58. The normalized spacial score (nSPS) is 15.0. The number of ether oxygens (including phenoxy) is 1. The van der Waals surface area contributed by atoms with Gasteiger partial charge in [-0.3, -0.25) is 4.79 Å². The second-order valence-corrected chi connectivity index (χ2v) is 5.39. The molecule has 3 rings (SSSR count). The molecule has 21 heavy (non-hydrogen) atoms. The SMILES string of the molecule is COc1cc2c(cc1C=O)CC/C2=C\c1cc[c]cc1Cl. The molecule has 2 aromatic carbocycles. The van der Waals surface area contributed by atoms with Crippen molar-refractivity contribution < 1.29 is 9.53 Å². The van der Waals surface area contributed by atoms with Gasteiger partial charge in [0.15, 0.2) is 6.29 Å². The maximum atomic E-state index is 11.1. The van der Waals surface area contributed by atoms with E-state index in [2.05, 4.69) is 12.1 Å². The maximum absolute atomic E-state index is 11.1. The third kappa shape index (κ3) is 2.59. The topological polar surface area (TPSA) is 26.3 Å². The number of allylic oxidation sites excluding steroid dienone is 1. The van der Waals surface area contributed by atoms with Gasteiger partial charge < -0.3 is 4.74 Å². The lowest BCUT2D eigenvalue weighted by Gasteiger charge is -2.08. The van der Waals surface area contributed by atoms with Crippen molar-refractivity contribution in [2.45, 2.75) is 12.8 Å². The molecule has 105 valence electrons. The third-order valence-corrected chi connectivity index (χ3v) is 4.09. The molecule has 2 nitrogen and oxygen atoms in total. The molecule has 0 spiro atoms. The van der Waals surface area contributed by atoms with Crippen LogP contribution in [0.2, 0.25) is 5.02 Å². The molecule has 0 saturated heterocycles. The zero-order valence-corrected chi connectivity index (χ0v) is 12.4. The van der Waals surface area contributed by atoms with Crippen LogP contribution in [0.3, 0.4) is 0 Å². The van der Waals surface area contributed by atoms with Crippen molar-refractivity contribution in [3.05, 3.63) is 63.7 Å². The molecule has 0 atom stereocenters. The second kappa shape index (κ2) is 5.74. The number of halogens is 1. The van der Waals surface area contributed by atoms with Crippen molar-refractivity contribution in [2.24, 2.45) is 0 Å². The average molecular weight is 298 g/mol. The summed E-state index contributed by atoms with van der Waals surface area (Å²) in [5.41, 5.74) is 5.12. The molecule has 2 aromatic rings. The molecule has 0 N–H and O–H groups in total. The Morgan fingerprint density at radius 3 is 2.86 bits per heavy atom. The van der Waals surface area contributed by atoms with E-state index in [0.717, 1.165) is 30.3 Å². The van der Waals surface area contributed by atoms with E-state index in [1.807, 2.05) is 24.3 Å². The van der Waals surface area contributed by atoms with Gasteiger partial charge in [0, 0.05) is 5.02 Å². The highest BCUT2D eigenvalue weighted by Crippen LogP contribution is 2.38. The second-order valence-electron chi connectivity index (χ2n) is 4.99. The van der Waals surface area contributed by atoms with E-state index in [1.54, 1.807) is 13.2 Å². The summed E-state index contributed by atoms with van der Waals surface area (Å²) in [6, 6.07) is 12.4. The van der Waals surface area contributed by atoms with Crippen LogP contribution < -0.4 is 4.74 Å². The van der Waals surface area contributed by atoms with Crippen LogP contribution in [0, 0.1) is 6.07 Å². The molecular formula is C18H14ClO2. The predicted octanol–water partition coefficient (Wildman–Crippen LogP) is 4.45. The van der Waals surface area contributed by atoms with Crippen LogP contribution in [0.4, 0.5) is 0 Å². The minimum absolute atomic E-state index is 0.602. The van der Waals surface area contributed by atoms with Crippen molar-refractivity contribution in [3.63, 3.8) is 0 Å². The van der Waals surface area contributed by atoms with Gasteiger partial charge in [-0.25, -0.2) is 0 Å². The highest BCUT2D eigenvalue weighted by atomic mass is 35.5. The minimum Gasteiger partial charge on any atom is -0.496 e. The summed E-state index contributed by atoms with van der Waals surface area (Å²) in [5.74, 6) is 0.615. The summed E-state index contributed by atoms with van der Waals surface area (Å²) in [4.78, 5) is 11.1. The summed E-state index contributed by atoms with van der Waals surface area (Å²) in [6.45, 7) is 0. The first-order valence-corrected chi connectivity index (χ1v) is 7.13. The first-order chi connectivity index (χ1) is 10.2. The Bertz CT molecular complexity index is 732. The van der Waals surface area contributed by atoms with Gasteiger partial charge >= 0.3 is 0 Å². The number of hydrogen-bond acceptors (Lipinski definition) is 2. The van der Waals surface area contributed by atoms with E-state index in [4.69, 9.17) is 16.3 Å². The van der Waals surface area contributed by atoms with E-state index >= 15 is 0 Å². The van der Waals surface area contributed by atoms with Gasteiger partial charge in [-0.2, -0.15) is 0 Å². The van der Waals surface area contributed by atoms with Crippen LogP contribution in [0.15, 0.2) is 30.3 Å². The van der Waals surface area contributed by atoms with Crippen molar-refractivity contribution in [1.29, 1.82) is 0 Å². The van der Waals surface area contributed by atoms with Crippen LogP contribution in [0.5, 0.6) is 5.75 Å². The monoisotopic (exact) mass is 297 g/mol. The molecule has 0 fully saturated rings. The van der Waals surface area contributed by atoms with E-state index in [0.29, 0.717) is 16.3 Å². The van der Waals surface area contributed by atoms with Gasteiger partial charge in [-0.1, -0.05) is 23.7 Å². The van der Waals surface area contributed by atoms with Gasteiger partial charge in [-0.05, 0) is 65.4 Å². The molecule has 1 radical (unpaired) electrons. The smallest absolute Gasteiger partial charge is 0.153 e. The number of hydrogen-bond donors (Lipinski definition) is 0. The van der Waals surface area contributed by atoms with Gasteiger partial charge in [0.05, 0.1) is 12.7 Å². The summed E-state index contributed by atoms with van der Waals surface area (Å²) in [5, 5.41) is 0.690. The zero-order chi connectivity index (χ0) is 14.8. The Kier molecular flexibility index (Phi) is 3.80. The van der Waals surface area contributed by atoms with E-state index in [1.165, 1.54) is 11.1 Å². The highest BCUT2D eigenvalue weighted by Gasteiger charge is 2.19. The lowest BCUT2D eigenvalue weighted by Crippen LogP contribution is -1.93. The summed E-state index contributed by atoms with van der Waals surface area (Å²) in [6.07, 6.45) is 4.81. The van der Waals surface area contributed by atoms with Crippen molar-refractivity contribution in [1.82, 2.24) is 0 Å². The van der Waals surface area contributed by atoms with Crippen molar-refractivity contribution in [2.75, 3.05) is 7.11 Å². The fraction of sp³-hybridized carbons (Fsp3) is 0.167. The van der Waals surface area contributed by atoms with Crippen LogP contribution in [-0.2, 0) is 6.42 Å². The number of benzene rings is 2. The molecule has 0 aromatic heterocycles. The molecule has 3 heteroatoms. The molecule has 0 heterocycles. The molecule has 0 bridgehead atoms. The number of fused-ring (bicyclic) bond motifs is 1. The van der Waals surface area contributed by atoms with Gasteiger partial charge in [0.2, 0.25) is 0 Å². The molecular weight excluding hydrogens is 284 g/mol. The standard InChI is InChI=1S/C18H14ClO2/c1-21-18-10-16-12(6-7-13(16)9-15(18)11-20)8-14-4-2-3-5-17(14)19/h2,4-5,8-11H,6-7H2,1H3/b12-8+. The van der Waals surface area contributed by atoms with Gasteiger partial charge in [-0.15, -0.1) is 0 Å². The molecule has 1 aliphatic carbocycles. The Labute approximate surface area is 129 Å². The molecule has 0 amide bonds. The lowest BCUT2D eigenvalue weighted by molar-refractivity contribution is 0.112. The van der Waals surface area contributed by atoms with Crippen molar-refractivity contribution >= 4 is 29.5 Å². The Hall–Kier alpha value is -2.06. The number of methoxy groups -OCH3 is 1. The van der Waals surface area contributed by atoms with Crippen LogP contribution >= 0.6 is 11.6 Å². The van der Waals surface area contributed by atoms with Gasteiger partial charge in [0.1, 0.15) is 5.75 Å². The van der Waals surface area contributed by atoms with Gasteiger partial charge in [0.25, 0.3) is 0 Å². The third-order valence-electron chi connectivity index (χ3n) is 3.77. The predicted molar refractivity (Wildman–Crippen MR) is 84.9 cm³/mol. The van der Waals surface area contributed by atoms with E-state index in [-0.39, 0.29) is 0 Å². The Morgan fingerprint density at radius 1 is 1.29 bits per heavy atom. The number of rotatable bonds is 3. The number of aldehydes is 1. The number of aryl methyl sites for hydroxylation is 1. The quantitative estimate of drug-likeness (QED) is 0.783. The molecule has 0 aliphatic heterocycles. The molecule has 0 unspecified atom stereocenters. The molecule has 1 aliphatic rings.